The van der Waals surface area contributed by atoms with Crippen molar-refractivity contribution >= 4 is 11.9 Å². The minimum atomic E-state index is -1.01. The van der Waals surface area contributed by atoms with Gasteiger partial charge in [-0.2, -0.15) is 5.10 Å². The zero-order chi connectivity index (χ0) is 18.6. The fourth-order valence-corrected chi connectivity index (χ4v) is 2.70. The lowest BCUT2D eigenvalue weighted by molar-refractivity contribution is -0.130. The highest BCUT2D eigenvalue weighted by atomic mass is 16.6. The Hall–Kier alpha value is -3.35. The molecule has 0 spiro atoms. The highest BCUT2D eigenvalue weighted by molar-refractivity contribution is 5.90. The van der Waals surface area contributed by atoms with Crippen LogP contribution in [0.3, 0.4) is 0 Å². The summed E-state index contributed by atoms with van der Waals surface area (Å²) in [7, 11) is 0. The molecule has 2 heterocycles. The molecule has 4 rings (SSSR count). The third-order valence-corrected chi connectivity index (χ3v) is 4.23. The van der Waals surface area contributed by atoms with Gasteiger partial charge in [-0.3, -0.25) is 9.48 Å². The van der Waals surface area contributed by atoms with Crippen molar-refractivity contribution in [3.05, 3.63) is 78.0 Å². The molecule has 2 aromatic heterocycles. The minimum absolute atomic E-state index is 0.0531. The maximum Gasteiger partial charge on any atom is 0.375 e. The van der Waals surface area contributed by atoms with E-state index in [0.717, 1.165) is 12.8 Å². The Morgan fingerprint density at radius 2 is 2.00 bits per heavy atom. The predicted octanol–water partition coefficient (Wildman–Crippen LogP) is 2.70. The number of amides is 1. The number of esters is 1. The first kappa shape index (κ1) is 17.1. The van der Waals surface area contributed by atoms with Crippen LogP contribution >= 0.6 is 0 Å². The van der Waals surface area contributed by atoms with E-state index in [-0.39, 0.29) is 17.7 Å². The number of rotatable bonds is 7. The topological polar surface area (TPSA) is 86.4 Å². The standard InChI is InChI=1S/C20H19N3O4/c24-19(22-15-7-8-15)18(14-5-2-1-3-6-14)27-20(25)17-10-9-16(26-17)13-23-12-4-11-21-23/h1-6,9-12,15,18H,7-8,13H2,(H,22,24). The van der Waals surface area contributed by atoms with E-state index >= 15 is 0 Å². The van der Waals surface area contributed by atoms with E-state index in [4.69, 9.17) is 9.15 Å². The Bertz CT molecular complexity index is 914. The van der Waals surface area contributed by atoms with Gasteiger partial charge in [0.25, 0.3) is 5.91 Å². The van der Waals surface area contributed by atoms with E-state index in [1.165, 1.54) is 0 Å². The molecule has 1 aliphatic carbocycles. The van der Waals surface area contributed by atoms with Gasteiger partial charge in [0, 0.05) is 24.0 Å². The number of aromatic nitrogens is 2. The lowest BCUT2D eigenvalue weighted by atomic mass is 10.1. The maximum atomic E-state index is 12.5. The summed E-state index contributed by atoms with van der Waals surface area (Å²) in [5.41, 5.74) is 0.618. The molecule has 138 valence electrons. The van der Waals surface area contributed by atoms with Crippen molar-refractivity contribution in [2.24, 2.45) is 0 Å². The van der Waals surface area contributed by atoms with Gasteiger partial charge in [-0.05, 0) is 31.0 Å². The van der Waals surface area contributed by atoms with Crippen molar-refractivity contribution in [3.8, 4) is 0 Å². The van der Waals surface area contributed by atoms with Crippen LogP contribution in [0.25, 0.3) is 0 Å². The fourth-order valence-electron chi connectivity index (χ4n) is 2.70. The number of furan rings is 1. The summed E-state index contributed by atoms with van der Waals surface area (Å²) in [4.78, 5) is 25.1. The van der Waals surface area contributed by atoms with Gasteiger partial charge in [0.1, 0.15) is 5.76 Å². The molecule has 0 radical (unpaired) electrons. The number of benzene rings is 1. The summed E-state index contributed by atoms with van der Waals surface area (Å²) in [6.07, 6.45) is 4.36. The van der Waals surface area contributed by atoms with Gasteiger partial charge in [0.2, 0.25) is 11.9 Å². The zero-order valence-electron chi connectivity index (χ0n) is 14.6. The van der Waals surface area contributed by atoms with Crippen LogP contribution in [0.4, 0.5) is 0 Å². The van der Waals surface area contributed by atoms with E-state index in [0.29, 0.717) is 17.9 Å². The van der Waals surface area contributed by atoms with Gasteiger partial charge < -0.3 is 14.5 Å². The van der Waals surface area contributed by atoms with Gasteiger partial charge in [-0.25, -0.2) is 4.79 Å². The number of carbonyl (C=O) groups excluding carboxylic acids is 2. The number of hydrogen-bond acceptors (Lipinski definition) is 5. The van der Waals surface area contributed by atoms with Crippen LogP contribution in [0.1, 0.15) is 40.8 Å². The third-order valence-electron chi connectivity index (χ3n) is 4.23. The number of ether oxygens (including phenoxy) is 1. The Balaban J connectivity index is 1.47. The summed E-state index contributed by atoms with van der Waals surface area (Å²) in [6.45, 7) is 0.407. The van der Waals surface area contributed by atoms with E-state index in [1.54, 1.807) is 59.5 Å². The van der Waals surface area contributed by atoms with Crippen LogP contribution < -0.4 is 5.32 Å². The third kappa shape index (κ3) is 4.25. The van der Waals surface area contributed by atoms with Crippen molar-refractivity contribution in [3.63, 3.8) is 0 Å². The number of hydrogen-bond donors (Lipinski definition) is 1. The summed E-state index contributed by atoms with van der Waals surface area (Å²) >= 11 is 0. The van der Waals surface area contributed by atoms with Crippen LogP contribution in [0.15, 0.2) is 65.3 Å². The molecule has 1 atom stereocenters. The highest BCUT2D eigenvalue weighted by Gasteiger charge is 2.31. The van der Waals surface area contributed by atoms with E-state index in [9.17, 15) is 9.59 Å². The monoisotopic (exact) mass is 365 g/mol. The second-order valence-electron chi connectivity index (χ2n) is 6.45. The van der Waals surface area contributed by atoms with Crippen LogP contribution in [0.2, 0.25) is 0 Å². The summed E-state index contributed by atoms with van der Waals surface area (Å²) in [5.74, 6) is -0.372. The molecule has 27 heavy (non-hydrogen) atoms. The molecule has 1 fully saturated rings. The van der Waals surface area contributed by atoms with Crippen molar-refractivity contribution in [1.29, 1.82) is 0 Å². The Labute approximate surface area is 155 Å². The molecule has 1 N–H and O–H groups in total. The van der Waals surface area contributed by atoms with Crippen molar-refractivity contribution in [2.75, 3.05) is 0 Å². The minimum Gasteiger partial charge on any atom is -0.452 e. The number of nitrogens with one attached hydrogen (secondary N) is 1. The van der Waals surface area contributed by atoms with Crippen LogP contribution in [-0.2, 0) is 16.1 Å². The molecular formula is C20H19N3O4. The molecule has 0 bridgehead atoms. The zero-order valence-corrected chi connectivity index (χ0v) is 14.6. The summed E-state index contributed by atoms with van der Waals surface area (Å²) in [6, 6.07) is 14.2. The molecule has 3 aromatic rings. The molecule has 7 nitrogen and oxygen atoms in total. The maximum absolute atomic E-state index is 12.5. The van der Waals surface area contributed by atoms with Crippen LogP contribution in [-0.4, -0.2) is 27.7 Å². The quantitative estimate of drug-likeness (QED) is 0.651. The lowest BCUT2D eigenvalue weighted by Crippen LogP contribution is -2.33. The van der Waals surface area contributed by atoms with Gasteiger partial charge in [0.05, 0.1) is 6.54 Å². The molecule has 1 saturated carbocycles. The van der Waals surface area contributed by atoms with E-state index in [2.05, 4.69) is 10.4 Å². The summed E-state index contributed by atoms with van der Waals surface area (Å²) in [5, 5.41) is 6.98. The smallest absolute Gasteiger partial charge is 0.375 e. The van der Waals surface area contributed by atoms with E-state index in [1.807, 2.05) is 6.07 Å². The van der Waals surface area contributed by atoms with Crippen LogP contribution in [0, 0.1) is 0 Å². The molecule has 1 aliphatic rings. The van der Waals surface area contributed by atoms with Gasteiger partial charge in [-0.1, -0.05) is 30.3 Å². The molecule has 1 aromatic carbocycles. The molecule has 1 unspecified atom stereocenters. The second kappa shape index (κ2) is 7.49. The first-order valence-corrected chi connectivity index (χ1v) is 8.81. The molecule has 1 amide bonds. The average Bonchev–Trinajstić information content (AvgIpc) is 3.15. The molecule has 0 aliphatic heterocycles. The number of carbonyl (C=O) groups is 2. The largest absolute Gasteiger partial charge is 0.452 e. The second-order valence-corrected chi connectivity index (χ2v) is 6.45. The predicted molar refractivity (Wildman–Crippen MR) is 95.8 cm³/mol. The van der Waals surface area contributed by atoms with Crippen molar-refractivity contribution in [2.45, 2.75) is 31.5 Å². The average molecular weight is 365 g/mol. The van der Waals surface area contributed by atoms with Crippen molar-refractivity contribution in [1.82, 2.24) is 15.1 Å². The Kier molecular flexibility index (Phi) is 4.74. The van der Waals surface area contributed by atoms with Gasteiger partial charge in [-0.15, -0.1) is 0 Å². The first-order chi connectivity index (χ1) is 13.2. The summed E-state index contributed by atoms with van der Waals surface area (Å²) < 4.78 is 12.7. The van der Waals surface area contributed by atoms with Crippen LogP contribution in [0.5, 0.6) is 0 Å². The number of nitrogens with zero attached hydrogens (tertiary/aromatic N) is 2. The lowest BCUT2D eigenvalue weighted by Gasteiger charge is -2.17. The Morgan fingerprint density at radius 1 is 1.19 bits per heavy atom. The Morgan fingerprint density at radius 3 is 2.70 bits per heavy atom. The normalized spacial score (nSPS) is 14.5. The van der Waals surface area contributed by atoms with E-state index < -0.39 is 12.1 Å². The highest BCUT2D eigenvalue weighted by Crippen LogP contribution is 2.24. The molecular weight excluding hydrogens is 346 g/mol. The van der Waals surface area contributed by atoms with Gasteiger partial charge >= 0.3 is 5.97 Å². The fraction of sp³-hybridized carbons (Fsp3) is 0.250. The molecule has 0 saturated heterocycles. The SMILES string of the molecule is O=C(OC(C(=O)NC1CC1)c1ccccc1)c1ccc(Cn2cccn2)o1. The first-order valence-electron chi connectivity index (χ1n) is 8.81. The van der Waals surface area contributed by atoms with Crippen molar-refractivity contribution < 1.29 is 18.7 Å². The van der Waals surface area contributed by atoms with Gasteiger partial charge in [0.15, 0.2) is 0 Å². The molecule has 7 heteroatoms.